The molecule has 0 bridgehead atoms. The molecule has 0 unspecified atom stereocenters. The van der Waals surface area contributed by atoms with Crippen LogP contribution in [-0.2, 0) is 14.6 Å². The van der Waals surface area contributed by atoms with Gasteiger partial charge in [-0.3, -0.25) is 4.79 Å². The van der Waals surface area contributed by atoms with Crippen molar-refractivity contribution >= 4 is 21.4 Å². The van der Waals surface area contributed by atoms with Crippen molar-refractivity contribution in [2.45, 2.75) is 36.3 Å². The van der Waals surface area contributed by atoms with E-state index in [1.54, 1.807) is 12.1 Å². The lowest BCUT2D eigenvalue weighted by atomic mass is 9.98. The van der Waals surface area contributed by atoms with Crippen LogP contribution >= 0.6 is 0 Å². The Labute approximate surface area is 154 Å². The smallest absolute Gasteiger partial charge is 0.251 e. The van der Waals surface area contributed by atoms with E-state index in [0.29, 0.717) is 35.4 Å². The second-order valence-electron chi connectivity index (χ2n) is 6.84. The van der Waals surface area contributed by atoms with E-state index in [2.05, 4.69) is 11.9 Å². The summed E-state index contributed by atoms with van der Waals surface area (Å²) in [5, 5.41) is 2.36. The first-order valence-corrected chi connectivity index (χ1v) is 10.3. The van der Waals surface area contributed by atoms with E-state index in [1.807, 2.05) is 49.4 Å². The van der Waals surface area contributed by atoms with Crippen molar-refractivity contribution in [1.82, 2.24) is 0 Å². The Bertz CT molecular complexity index is 902. The summed E-state index contributed by atoms with van der Waals surface area (Å²) in [6.07, 6.45) is 1.66. The molecule has 0 heterocycles. The average Bonchev–Trinajstić information content (AvgIpc) is 3.13. The molecule has 0 radical (unpaired) electrons. The van der Waals surface area contributed by atoms with E-state index in [-0.39, 0.29) is 11.8 Å². The van der Waals surface area contributed by atoms with Crippen LogP contribution in [0.1, 0.15) is 24.8 Å². The standard InChI is InChI=1S/C21H23NO3S/c1-15-8-11-19(12-9-15)26(24,25)20-13-10-17(14-20)16(2)21(23)22-18-6-4-3-5-7-18/h3-9,11-12,17,20H,2,10,13-14H2,1H3,(H,22,23)/t17-,20-/m1/s1. The molecule has 3 rings (SSSR count). The minimum Gasteiger partial charge on any atom is -0.322 e. The average molecular weight is 369 g/mol. The molecule has 2 atom stereocenters. The first-order chi connectivity index (χ1) is 12.4. The van der Waals surface area contributed by atoms with Gasteiger partial charge in [0.1, 0.15) is 0 Å². The zero-order valence-electron chi connectivity index (χ0n) is 14.8. The Hall–Kier alpha value is -2.40. The van der Waals surface area contributed by atoms with Crippen LogP contribution < -0.4 is 5.32 Å². The number of carbonyl (C=O) groups excluding carboxylic acids is 1. The van der Waals surface area contributed by atoms with Gasteiger partial charge in [-0.2, -0.15) is 0 Å². The molecular formula is C21H23NO3S. The summed E-state index contributed by atoms with van der Waals surface area (Å²) >= 11 is 0. The maximum atomic E-state index is 12.8. The molecule has 26 heavy (non-hydrogen) atoms. The van der Waals surface area contributed by atoms with Gasteiger partial charge in [0.2, 0.25) is 0 Å². The quantitative estimate of drug-likeness (QED) is 0.806. The van der Waals surface area contributed by atoms with Gasteiger partial charge < -0.3 is 5.32 Å². The Kier molecular flexibility index (Phi) is 5.28. The first-order valence-electron chi connectivity index (χ1n) is 8.73. The van der Waals surface area contributed by atoms with Crippen molar-refractivity contribution in [2.75, 3.05) is 5.32 Å². The number of para-hydroxylation sites is 1. The highest BCUT2D eigenvalue weighted by molar-refractivity contribution is 7.92. The van der Waals surface area contributed by atoms with Gasteiger partial charge in [0.05, 0.1) is 10.1 Å². The SMILES string of the molecule is C=C(C(=O)Nc1ccccc1)[C@@H]1CC[C@@H](S(=O)(=O)c2ccc(C)cc2)C1. The third-order valence-electron chi connectivity index (χ3n) is 4.99. The molecular weight excluding hydrogens is 346 g/mol. The predicted molar refractivity (Wildman–Crippen MR) is 104 cm³/mol. The topological polar surface area (TPSA) is 63.2 Å². The van der Waals surface area contributed by atoms with Crippen LogP contribution in [0.15, 0.2) is 71.6 Å². The van der Waals surface area contributed by atoms with Gasteiger partial charge in [0, 0.05) is 11.3 Å². The number of benzene rings is 2. The fraction of sp³-hybridized carbons (Fsp3) is 0.286. The molecule has 1 fully saturated rings. The van der Waals surface area contributed by atoms with E-state index in [1.165, 1.54) is 0 Å². The maximum Gasteiger partial charge on any atom is 0.251 e. The summed E-state index contributed by atoms with van der Waals surface area (Å²) in [7, 11) is -3.38. The number of carbonyl (C=O) groups is 1. The van der Waals surface area contributed by atoms with Gasteiger partial charge in [-0.1, -0.05) is 42.5 Å². The van der Waals surface area contributed by atoms with Crippen molar-refractivity contribution in [3.8, 4) is 0 Å². The monoisotopic (exact) mass is 369 g/mol. The molecule has 1 N–H and O–H groups in total. The number of hydrogen-bond acceptors (Lipinski definition) is 3. The third kappa shape index (κ3) is 3.88. The second-order valence-corrected chi connectivity index (χ2v) is 9.06. The van der Waals surface area contributed by atoms with Gasteiger partial charge >= 0.3 is 0 Å². The lowest BCUT2D eigenvalue weighted by Gasteiger charge is -2.15. The van der Waals surface area contributed by atoms with E-state index in [4.69, 9.17) is 0 Å². The molecule has 0 saturated heterocycles. The minimum absolute atomic E-state index is 0.107. The van der Waals surface area contributed by atoms with Crippen molar-refractivity contribution < 1.29 is 13.2 Å². The summed E-state index contributed by atoms with van der Waals surface area (Å²) in [6, 6.07) is 16.1. The molecule has 0 spiro atoms. The lowest BCUT2D eigenvalue weighted by Crippen LogP contribution is -2.21. The maximum absolute atomic E-state index is 12.8. The van der Waals surface area contributed by atoms with Crippen LogP contribution in [0, 0.1) is 12.8 Å². The van der Waals surface area contributed by atoms with Crippen LogP contribution in [0.5, 0.6) is 0 Å². The summed E-state index contributed by atoms with van der Waals surface area (Å²) in [6.45, 7) is 5.85. The minimum atomic E-state index is -3.38. The molecule has 2 aromatic rings. The van der Waals surface area contributed by atoms with Crippen LogP contribution in [0.2, 0.25) is 0 Å². The number of amides is 1. The highest BCUT2D eigenvalue weighted by atomic mass is 32.2. The Morgan fingerprint density at radius 1 is 1.04 bits per heavy atom. The summed E-state index contributed by atoms with van der Waals surface area (Å²) in [5.74, 6) is -0.349. The number of anilines is 1. The van der Waals surface area contributed by atoms with Crippen LogP contribution in [0.3, 0.4) is 0 Å². The number of aryl methyl sites for hydroxylation is 1. The third-order valence-corrected chi connectivity index (χ3v) is 7.22. The summed E-state index contributed by atoms with van der Waals surface area (Å²) in [5.41, 5.74) is 2.19. The number of sulfone groups is 1. The molecule has 1 amide bonds. The number of nitrogens with one attached hydrogen (secondary N) is 1. The van der Waals surface area contributed by atoms with Gasteiger partial charge in [-0.05, 0) is 56.4 Å². The molecule has 4 nitrogen and oxygen atoms in total. The van der Waals surface area contributed by atoms with Crippen molar-refractivity contribution in [1.29, 1.82) is 0 Å². The predicted octanol–water partition coefficient (Wildman–Crippen LogP) is 4.13. The summed E-state index contributed by atoms with van der Waals surface area (Å²) in [4.78, 5) is 12.8. The lowest BCUT2D eigenvalue weighted by molar-refractivity contribution is -0.113. The van der Waals surface area contributed by atoms with Gasteiger partial charge in [-0.25, -0.2) is 8.42 Å². The molecule has 1 aliphatic rings. The molecule has 0 aromatic heterocycles. The molecule has 136 valence electrons. The van der Waals surface area contributed by atoms with E-state index >= 15 is 0 Å². The number of rotatable bonds is 5. The molecule has 1 aliphatic carbocycles. The first kappa shape index (κ1) is 18.4. The Morgan fingerprint density at radius 3 is 2.35 bits per heavy atom. The van der Waals surface area contributed by atoms with Gasteiger partial charge in [0.15, 0.2) is 9.84 Å². The van der Waals surface area contributed by atoms with Crippen LogP contribution in [0.25, 0.3) is 0 Å². The second kappa shape index (κ2) is 7.46. The highest BCUT2D eigenvalue weighted by Gasteiger charge is 2.37. The number of hydrogen-bond donors (Lipinski definition) is 1. The van der Waals surface area contributed by atoms with Crippen LogP contribution in [0.4, 0.5) is 5.69 Å². The zero-order chi connectivity index (χ0) is 18.7. The fourth-order valence-corrected chi connectivity index (χ4v) is 5.21. The van der Waals surface area contributed by atoms with Crippen molar-refractivity contribution in [3.05, 3.63) is 72.3 Å². The highest BCUT2D eigenvalue weighted by Crippen LogP contribution is 2.37. The molecule has 2 aromatic carbocycles. The molecule has 5 heteroatoms. The zero-order valence-corrected chi connectivity index (χ0v) is 15.6. The van der Waals surface area contributed by atoms with Crippen molar-refractivity contribution in [3.63, 3.8) is 0 Å². The fourth-order valence-electron chi connectivity index (χ4n) is 3.38. The van der Waals surface area contributed by atoms with E-state index in [0.717, 1.165) is 5.56 Å². The largest absolute Gasteiger partial charge is 0.322 e. The molecule has 1 saturated carbocycles. The summed E-state index contributed by atoms with van der Waals surface area (Å²) < 4.78 is 25.7. The molecule has 0 aliphatic heterocycles. The van der Waals surface area contributed by atoms with E-state index < -0.39 is 15.1 Å². The van der Waals surface area contributed by atoms with Crippen molar-refractivity contribution in [2.24, 2.45) is 5.92 Å². The normalized spacial score (nSPS) is 19.9. The van der Waals surface area contributed by atoms with Gasteiger partial charge in [-0.15, -0.1) is 0 Å². The van der Waals surface area contributed by atoms with Gasteiger partial charge in [0.25, 0.3) is 5.91 Å². The Balaban J connectivity index is 1.67. The Morgan fingerprint density at radius 2 is 1.69 bits per heavy atom. The van der Waals surface area contributed by atoms with E-state index in [9.17, 15) is 13.2 Å². The van der Waals surface area contributed by atoms with Crippen LogP contribution in [-0.4, -0.2) is 19.6 Å².